The second-order valence-corrected chi connectivity index (χ2v) is 8.53. The molecule has 1 fully saturated rings. The van der Waals surface area contributed by atoms with Gasteiger partial charge in [0, 0.05) is 22.8 Å². The normalized spacial score (nSPS) is 29.3. The first-order valence-electron chi connectivity index (χ1n) is 5.41. The van der Waals surface area contributed by atoms with Gasteiger partial charge in [-0.1, -0.05) is 0 Å². The highest BCUT2D eigenvalue weighted by Gasteiger charge is 2.35. The van der Waals surface area contributed by atoms with Crippen molar-refractivity contribution in [1.29, 1.82) is 0 Å². The zero-order valence-corrected chi connectivity index (χ0v) is 11.2. The van der Waals surface area contributed by atoms with Crippen LogP contribution in [-0.2, 0) is 9.84 Å². The first-order chi connectivity index (χ1) is 6.83. The zero-order valence-electron chi connectivity index (χ0n) is 9.53. The van der Waals surface area contributed by atoms with Crippen molar-refractivity contribution in [2.75, 3.05) is 17.8 Å². The Bertz CT molecular complexity index is 295. The van der Waals surface area contributed by atoms with Crippen LogP contribution in [-0.4, -0.2) is 37.0 Å². The van der Waals surface area contributed by atoms with Crippen LogP contribution in [0.1, 0.15) is 32.6 Å². The fraction of sp³-hybridized carbons (Fsp3) is 1.00. The van der Waals surface area contributed by atoms with Crippen LogP contribution in [0, 0.1) is 0 Å². The Morgan fingerprint density at radius 2 is 2.20 bits per heavy atom. The highest BCUT2D eigenvalue weighted by Crippen LogP contribution is 2.40. The van der Waals surface area contributed by atoms with E-state index in [1.807, 2.05) is 11.8 Å². The molecule has 3 nitrogen and oxygen atoms in total. The topological polar surface area (TPSA) is 60.2 Å². The highest BCUT2D eigenvalue weighted by molar-refractivity contribution is 8.00. The average Bonchev–Trinajstić information content (AvgIpc) is 2.51. The van der Waals surface area contributed by atoms with Crippen LogP contribution >= 0.6 is 11.8 Å². The molecule has 2 unspecified atom stereocenters. The van der Waals surface area contributed by atoms with Gasteiger partial charge in [-0.3, -0.25) is 0 Å². The summed E-state index contributed by atoms with van der Waals surface area (Å²) in [6.45, 7) is 2.20. The summed E-state index contributed by atoms with van der Waals surface area (Å²) in [4.78, 5) is 0. The summed E-state index contributed by atoms with van der Waals surface area (Å²) in [5, 5.41) is 0. The van der Waals surface area contributed by atoms with Crippen molar-refractivity contribution in [2.45, 2.75) is 43.4 Å². The summed E-state index contributed by atoms with van der Waals surface area (Å²) in [5.74, 6) is 1.46. The lowest BCUT2D eigenvalue weighted by Gasteiger charge is -2.30. The van der Waals surface area contributed by atoms with Gasteiger partial charge >= 0.3 is 0 Å². The van der Waals surface area contributed by atoms with E-state index in [1.54, 1.807) is 0 Å². The third-order valence-corrected chi connectivity index (χ3v) is 5.75. The van der Waals surface area contributed by atoms with Gasteiger partial charge in [0.05, 0.1) is 0 Å². The van der Waals surface area contributed by atoms with Crippen LogP contribution in [0.4, 0.5) is 0 Å². The Hall–Kier alpha value is 0.260. The van der Waals surface area contributed by atoms with Crippen molar-refractivity contribution < 1.29 is 8.42 Å². The predicted octanol–water partition coefficient (Wildman–Crippen LogP) is 1.42. The second kappa shape index (κ2) is 5.06. The first kappa shape index (κ1) is 13.3. The molecule has 1 aliphatic rings. The van der Waals surface area contributed by atoms with E-state index >= 15 is 0 Å². The second-order valence-electron chi connectivity index (χ2n) is 4.64. The fourth-order valence-electron chi connectivity index (χ4n) is 1.96. The maximum Gasteiger partial charge on any atom is 0.147 e. The van der Waals surface area contributed by atoms with Crippen LogP contribution in [0.5, 0.6) is 0 Å². The summed E-state index contributed by atoms with van der Waals surface area (Å²) in [7, 11) is -2.83. The van der Waals surface area contributed by atoms with Crippen LogP contribution in [0.3, 0.4) is 0 Å². The Morgan fingerprint density at radius 3 is 2.67 bits per heavy atom. The van der Waals surface area contributed by atoms with Gasteiger partial charge in [0.15, 0.2) is 0 Å². The minimum atomic E-state index is -2.83. The van der Waals surface area contributed by atoms with Crippen molar-refractivity contribution in [3.8, 4) is 0 Å². The Morgan fingerprint density at radius 1 is 1.53 bits per heavy atom. The minimum Gasteiger partial charge on any atom is -0.326 e. The van der Waals surface area contributed by atoms with E-state index in [0.29, 0.717) is 6.42 Å². The first-order valence-corrected chi connectivity index (χ1v) is 8.45. The largest absolute Gasteiger partial charge is 0.326 e. The monoisotopic (exact) mass is 251 g/mol. The van der Waals surface area contributed by atoms with E-state index in [1.165, 1.54) is 18.4 Å². The van der Waals surface area contributed by atoms with Gasteiger partial charge in [0.1, 0.15) is 9.84 Å². The predicted molar refractivity (Wildman–Crippen MR) is 67.0 cm³/mol. The van der Waals surface area contributed by atoms with Crippen LogP contribution in [0.2, 0.25) is 0 Å². The molecule has 90 valence electrons. The summed E-state index contributed by atoms with van der Waals surface area (Å²) >= 11 is 1.94. The molecule has 0 aromatic carbocycles. The van der Waals surface area contributed by atoms with E-state index in [4.69, 9.17) is 5.73 Å². The maximum atomic E-state index is 11.0. The molecule has 0 amide bonds. The molecule has 2 atom stereocenters. The van der Waals surface area contributed by atoms with Crippen molar-refractivity contribution in [1.82, 2.24) is 0 Å². The molecule has 0 aromatic heterocycles. The van der Waals surface area contributed by atoms with Gasteiger partial charge in [-0.15, -0.1) is 0 Å². The quantitative estimate of drug-likeness (QED) is 0.803. The summed E-state index contributed by atoms with van der Waals surface area (Å²) in [6.07, 6.45) is 5.19. The Labute approximate surface area is 97.1 Å². The van der Waals surface area contributed by atoms with E-state index in [0.717, 1.165) is 12.8 Å². The fourth-order valence-corrected chi connectivity index (χ4v) is 4.03. The molecule has 0 radical (unpaired) electrons. The molecule has 0 aromatic rings. The number of sulfone groups is 1. The van der Waals surface area contributed by atoms with Gasteiger partial charge < -0.3 is 5.73 Å². The van der Waals surface area contributed by atoms with Gasteiger partial charge in [-0.2, -0.15) is 11.8 Å². The maximum absolute atomic E-state index is 11.0. The standard InChI is InChI=1S/C10H21NO2S2/c1-10(6-4-7-14-10)9(11)5-3-8-15(2,12)13/h9H,3-8,11H2,1-2H3. The van der Waals surface area contributed by atoms with Gasteiger partial charge in [0.2, 0.25) is 0 Å². The number of nitrogens with two attached hydrogens (primary N) is 1. The van der Waals surface area contributed by atoms with Crippen molar-refractivity contribution in [3.05, 3.63) is 0 Å². The van der Waals surface area contributed by atoms with Crippen molar-refractivity contribution in [3.63, 3.8) is 0 Å². The highest BCUT2D eigenvalue weighted by atomic mass is 32.2. The summed E-state index contributed by atoms with van der Waals surface area (Å²) in [6, 6.07) is 0.131. The molecule has 1 aliphatic heterocycles. The number of thioether (sulfide) groups is 1. The van der Waals surface area contributed by atoms with Crippen LogP contribution in [0.15, 0.2) is 0 Å². The van der Waals surface area contributed by atoms with E-state index < -0.39 is 9.84 Å². The van der Waals surface area contributed by atoms with Crippen molar-refractivity contribution in [2.24, 2.45) is 5.73 Å². The number of rotatable bonds is 5. The summed E-state index contributed by atoms with van der Waals surface area (Å²) < 4.78 is 22.1. The molecular weight excluding hydrogens is 230 g/mol. The SMILES string of the molecule is CC1(C(N)CCCS(C)(=O)=O)CCCS1. The van der Waals surface area contributed by atoms with E-state index in [9.17, 15) is 8.42 Å². The van der Waals surface area contributed by atoms with Gasteiger partial charge in [-0.05, 0) is 38.4 Å². The van der Waals surface area contributed by atoms with E-state index in [-0.39, 0.29) is 16.5 Å². The Kier molecular flexibility index (Phi) is 4.50. The molecule has 0 aliphatic carbocycles. The van der Waals surface area contributed by atoms with E-state index in [2.05, 4.69) is 6.92 Å². The zero-order chi connectivity index (χ0) is 11.5. The number of hydrogen-bond acceptors (Lipinski definition) is 4. The van der Waals surface area contributed by atoms with Gasteiger partial charge in [-0.25, -0.2) is 8.42 Å². The molecule has 2 N–H and O–H groups in total. The van der Waals surface area contributed by atoms with Crippen LogP contribution in [0.25, 0.3) is 0 Å². The van der Waals surface area contributed by atoms with Crippen molar-refractivity contribution >= 4 is 21.6 Å². The van der Waals surface area contributed by atoms with Crippen LogP contribution < -0.4 is 5.73 Å². The molecular formula is C10H21NO2S2. The lowest BCUT2D eigenvalue weighted by molar-refractivity contribution is 0.455. The lowest BCUT2D eigenvalue weighted by Crippen LogP contribution is -2.41. The third-order valence-electron chi connectivity index (χ3n) is 3.06. The molecule has 0 spiro atoms. The molecule has 1 saturated heterocycles. The molecule has 1 rings (SSSR count). The molecule has 5 heteroatoms. The molecule has 0 saturated carbocycles. The third kappa shape index (κ3) is 4.33. The number of hydrogen-bond donors (Lipinski definition) is 1. The average molecular weight is 251 g/mol. The minimum absolute atomic E-state index is 0.131. The van der Waals surface area contributed by atoms with Gasteiger partial charge in [0.25, 0.3) is 0 Å². The Balaban J connectivity index is 2.32. The lowest BCUT2D eigenvalue weighted by atomic mass is 9.93. The molecule has 0 bridgehead atoms. The molecule has 15 heavy (non-hydrogen) atoms. The molecule has 1 heterocycles. The smallest absolute Gasteiger partial charge is 0.147 e. The summed E-state index contributed by atoms with van der Waals surface area (Å²) in [5.41, 5.74) is 6.13.